The van der Waals surface area contributed by atoms with E-state index in [1.54, 1.807) is 20.8 Å². The van der Waals surface area contributed by atoms with Crippen LogP contribution in [0.2, 0.25) is 0 Å². The van der Waals surface area contributed by atoms with E-state index in [1.807, 2.05) is 0 Å². The van der Waals surface area contributed by atoms with Gasteiger partial charge in [0.05, 0.1) is 11.6 Å². The molecule has 12 heavy (non-hydrogen) atoms. The SMILES string of the molecule is Cc1noc(C)c1C(C)C(=O)O. The van der Waals surface area contributed by atoms with E-state index < -0.39 is 11.9 Å². The van der Waals surface area contributed by atoms with Crippen molar-refractivity contribution in [2.24, 2.45) is 0 Å². The maximum Gasteiger partial charge on any atom is 0.310 e. The van der Waals surface area contributed by atoms with Gasteiger partial charge in [0.1, 0.15) is 5.76 Å². The molecule has 0 aliphatic carbocycles. The number of carboxylic acid groups (broad SMARTS) is 1. The van der Waals surface area contributed by atoms with Crippen LogP contribution in [0.5, 0.6) is 0 Å². The van der Waals surface area contributed by atoms with Gasteiger partial charge in [0.15, 0.2) is 0 Å². The third-order valence-corrected chi connectivity index (χ3v) is 1.89. The van der Waals surface area contributed by atoms with Crippen molar-refractivity contribution in [3.8, 4) is 0 Å². The lowest BCUT2D eigenvalue weighted by molar-refractivity contribution is -0.138. The number of hydrogen-bond donors (Lipinski definition) is 1. The molecule has 0 bridgehead atoms. The van der Waals surface area contributed by atoms with Crippen LogP contribution in [0.15, 0.2) is 4.52 Å². The topological polar surface area (TPSA) is 63.3 Å². The lowest BCUT2D eigenvalue weighted by Gasteiger charge is -2.03. The molecule has 4 heteroatoms. The number of carboxylic acids is 1. The predicted molar refractivity (Wildman–Crippen MR) is 42.0 cm³/mol. The second-order valence-electron chi connectivity index (χ2n) is 2.80. The average molecular weight is 169 g/mol. The standard InChI is InChI=1S/C8H11NO3/c1-4(8(10)11)7-5(2)9-12-6(7)3/h4H,1-3H3,(H,10,11). The zero-order chi connectivity index (χ0) is 9.30. The highest BCUT2D eigenvalue weighted by molar-refractivity contribution is 5.76. The molecule has 1 aromatic rings. The fourth-order valence-corrected chi connectivity index (χ4v) is 1.23. The molecule has 0 aromatic carbocycles. The Kier molecular flexibility index (Phi) is 2.17. The van der Waals surface area contributed by atoms with Crippen LogP contribution in [-0.2, 0) is 4.79 Å². The maximum atomic E-state index is 10.6. The van der Waals surface area contributed by atoms with Gasteiger partial charge in [-0.25, -0.2) is 0 Å². The Labute approximate surface area is 70.2 Å². The average Bonchev–Trinajstić information content (AvgIpc) is 2.30. The summed E-state index contributed by atoms with van der Waals surface area (Å²) in [4.78, 5) is 10.6. The lowest BCUT2D eigenvalue weighted by Crippen LogP contribution is -2.08. The summed E-state index contributed by atoms with van der Waals surface area (Å²) < 4.78 is 4.85. The number of carbonyl (C=O) groups is 1. The van der Waals surface area contributed by atoms with Crippen molar-refractivity contribution in [3.05, 3.63) is 17.0 Å². The molecule has 1 aromatic heterocycles. The summed E-state index contributed by atoms with van der Waals surface area (Å²) in [5.41, 5.74) is 1.34. The van der Waals surface area contributed by atoms with E-state index in [0.717, 1.165) is 0 Å². The number of rotatable bonds is 2. The summed E-state index contributed by atoms with van der Waals surface area (Å²) >= 11 is 0. The van der Waals surface area contributed by atoms with Crippen LogP contribution in [0.25, 0.3) is 0 Å². The van der Waals surface area contributed by atoms with Crippen LogP contribution < -0.4 is 0 Å². The molecule has 0 amide bonds. The molecule has 4 nitrogen and oxygen atoms in total. The number of nitrogens with zero attached hydrogens (tertiary/aromatic N) is 1. The summed E-state index contributed by atoms with van der Waals surface area (Å²) in [5, 5.41) is 12.4. The van der Waals surface area contributed by atoms with Gasteiger partial charge in [-0.3, -0.25) is 4.79 Å². The molecule has 0 saturated carbocycles. The molecule has 1 rings (SSSR count). The third-order valence-electron chi connectivity index (χ3n) is 1.89. The minimum atomic E-state index is -0.857. The van der Waals surface area contributed by atoms with Gasteiger partial charge in [-0.2, -0.15) is 0 Å². The van der Waals surface area contributed by atoms with Crippen LogP contribution in [0.4, 0.5) is 0 Å². The maximum absolute atomic E-state index is 10.6. The molecule has 1 heterocycles. The van der Waals surface area contributed by atoms with Crippen LogP contribution >= 0.6 is 0 Å². The molecular weight excluding hydrogens is 158 g/mol. The van der Waals surface area contributed by atoms with Crippen molar-refractivity contribution in [1.29, 1.82) is 0 Å². The monoisotopic (exact) mass is 169 g/mol. The normalized spacial score (nSPS) is 12.9. The first kappa shape index (κ1) is 8.77. The van der Waals surface area contributed by atoms with E-state index in [2.05, 4.69) is 5.16 Å². The van der Waals surface area contributed by atoms with Crippen molar-refractivity contribution in [1.82, 2.24) is 5.16 Å². The van der Waals surface area contributed by atoms with E-state index in [1.165, 1.54) is 0 Å². The summed E-state index contributed by atoms with van der Waals surface area (Å²) in [5.74, 6) is -0.817. The smallest absolute Gasteiger partial charge is 0.310 e. The molecular formula is C8H11NO3. The Hall–Kier alpha value is -1.32. The van der Waals surface area contributed by atoms with E-state index in [9.17, 15) is 4.79 Å². The molecule has 0 spiro atoms. The summed E-state index contributed by atoms with van der Waals surface area (Å²) in [6.07, 6.45) is 0. The number of aliphatic carboxylic acids is 1. The first-order valence-electron chi connectivity index (χ1n) is 3.69. The molecule has 0 aliphatic heterocycles. The summed E-state index contributed by atoms with van der Waals surface area (Å²) in [7, 11) is 0. The molecule has 66 valence electrons. The Morgan fingerprint density at radius 1 is 1.58 bits per heavy atom. The zero-order valence-electron chi connectivity index (χ0n) is 7.29. The lowest BCUT2D eigenvalue weighted by atomic mass is 10.0. The Balaban J connectivity index is 3.08. The Morgan fingerprint density at radius 3 is 2.50 bits per heavy atom. The number of hydrogen-bond acceptors (Lipinski definition) is 3. The second-order valence-corrected chi connectivity index (χ2v) is 2.80. The number of aryl methyl sites for hydroxylation is 2. The van der Waals surface area contributed by atoms with E-state index in [0.29, 0.717) is 17.0 Å². The van der Waals surface area contributed by atoms with E-state index in [4.69, 9.17) is 9.63 Å². The van der Waals surface area contributed by atoms with Crippen molar-refractivity contribution in [2.45, 2.75) is 26.7 Å². The van der Waals surface area contributed by atoms with Gasteiger partial charge in [0.2, 0.25) is 0 Å². The van der Waals surface area contributed by atoms with Gasteiger partial charge in [-0.05, 0) is 20.8 Å². The van der Waals surface area contributed by atoms with Crippen molar-refractivity contribution < 1.29 is 14.4 Å². The summed E-state index contributed by atoms with van der Waals surface area (Å²) in [6.45, 7) is 5.08. The van der Waals surface area contributed by atoms with Crippen molar-refractivity contribution in [3.63, 3.8) is 0 Å². The van der Waals surface area contributed by atoms with Gasteiger partial charge in [0, 0.05) is 5.56 Å². The predicted octanol–water partition coefficient (Wildman–Crippen LogP) is 1.48. The number of aromatic nitrogens is 1. The van der Waals surface area contributed by atoms with Crippen LogP contribution in [0.1, 0.15) is 29.9 Å². The molecule has 0 saturated heterocycles. The first-order chi connectivity index (χ1) is 5.54. The van der Waals surface area contributed by atoms with Crippen LogP contribution in [-0.4, -0.2) is 16.2 Å². The van der Waals surface area contributed by atoms with E-state index in [-0.39, 0.29) is 0 Å². The second kappa shape index (κ2) is 2.97. The fraction of sp³-hybridized carbons (Fsp3) is 0.500. The highest BCUT2D eigenvalue weighted by atomic mass is 16.5. The Bertz CT molecular complexity index is 284. The fourth-order valence-electron chi connectivity index (χ4n) is 1.23. The van der Waals surface area contributed by atoms with Gasteiger partial charge in [0.25, 0.3) is 0 Å². The van der Waals surface area contributed by atoms with Gasteiger partial charge >= 0.3 is 5.97 Å². The molecule has 0 radical (unpaired) electrons. The third kappa shape index (κ3) is 1.32. The first-order valence-corrected chi connectivity index (χ1v) is 3.69. The van der Waals surface area contributed by atoms with Gasteiger partial charge < -0.3 is 9.63 Å². The minimum Gasteiger partial charge on any atom is -0.481 e. The Morgan fingerprint density at radius 2 is 2.17 bits per heavy atom. The highest BCUT2D eigenvalue weighted by Crippen LogP contribution is 2.22. The quantitative estimate of drug-likeness (QED) is 0.728. The highest BCUT2D eigenvalue weighted by Gasteiger charge is 2.21. The minimum absolute atomic E-state index is 0.545. The van der Waals surface area contributed by atoms with Gasteiger partial charge in [-0.1, -0.05) is 5.16 Å². The zero-order valence-corrected chi connectivity index (χ0v) is 7.29. The molecule has 0 aliphatic rings. The van der Waals surface area contributed by atoms with Crippen molar-refractivity contribution >= 4 is 5.97 Å². The van der Waals surface area contributed by atoms with Gasteiger partial charge in [-0.15, -0.1) is 0 Å². The van der Waals surface area contributed by atoms with Crippen LogP contribution in [0.3, 0.4) is 0 Å². The largest absolute Gasteiger partial charge is 0.481 e. The van der Waals surface area contributed by atoms with E-state index >= 15 is 0 Å². The molecule has 1 atom stereocenters. The summed E-state index contributed by atoms with van der Waals surface area (Å²) in [6, 6.07) is 0. The van der Waals surface area contributed by atoms with Crippen molar-refractivity contribution in [2.75, 3.05) is 0 Å². The molecule has 0 fully saturated rings. The molecule has 1 unspecified atom stereocenters. The van der Waals surface area contributed by atoms with Crippen LogP contribution in [0, 0.1) is 13.8 Å². The molecule has 1 N–H and O–H groups in total.